The summed E-state index contributed by atoms with van der Waals surface area (Å²) in [5.74, 6) is 1.43. The highest BCUT2D eigenvalue weighted by Crippen LogP contribution is 2.24. The Hall–Kier alpha value is -2.47. The van der Waals surface area contributed by atoms with E-state index in [1.165, 1.54) is 5.56 Å². The Morgan fingerprint density at radius 3 is 2.41 bits per heavy atom. The van der Waals surface area contributed by atoms with Crippen molar-refractivity contribution >= 4 is 11.9 Å². The third-order valence-corrected chi connectivity index (χ3v) is 6.23. The summed E-state index contributed by atoms with van der Waals surface area (Å²) < 4.78 is 0. The van der Waals surface area contributed by atoms with Crippen LogP contribution in [0.5, 0.6) is 0 Å². The molecule has 2 saturated heterocycles. The highest BCUT2D eigenvalue weighted by Gasteiger charge is 2.25. The molecule has 2 fully saturated rings. The average Bonchev–Trinajstić information content (AvgIpc) is 2.80. The van der Waals surface area contributed by atoms with Gasteiger partial charge in [-0.05, 0) is 43.4 Å². The second-order valence-corrected chi connectivity index (χ2v) is 8.09. The second kappa shape index (κ2) is 9.35. The quantitative estimate of drug-likeness (QED) is 0.782. The molecule has 1 aromatic heterocycles. The summed E-state index contributed by atoms with van der Waals surface area (Å²) in [6.07, 6.45) is 5.14. The van der Waals surface area contributed by atoms with Gasteiger partial charge in [-0.15, -0.1) is 0 Å². The lowest BCUT2D eigenvalue weighted by Gasteiger charge is -2.34. The summed E-state index contributed by atoms with van der Waals surface area (Å²) in [4.78, 5) is 28.5. The number of piperazine rings is 1. The molecule has 0 bridgehead atoms. The van der Waals surface area contributed by atoms with E-state index in [1.54, 1.807) is 12.3 Å². The van der Waals surface area contributed by atoms with Gasteiger partial charge in [-0.1, -0.05) is 37.3 Å². The van der Waals surface area contributed by atoms with Gasteiger partial charge < -0.3 is 14.7 Å². The van der Waals surface area contributed by atoms with E-state index in [0.29, 0.717) is 17.6 Å². The zero-order valence-corrected chi connectivity index (χ0v) is 17.3. The van der Waals surface area contributed by atoms with Gasteiger partial charge in [0.25, 0.3) is 5.91 Å². The second-order valence-electron chi connectivity index (χ2n) is 8.09. The molecule has 0 unspecified atom stereocenters. The molecule has 3 heterocycles. The fraction of sp³-hybridized carbons (Fsp3) is 0.522. The van der Waals surface area contributed by atoms with Gasteiger partial charge in [-0.3, -0.25) is 4.79 Å². The lowest BCUT2D eigenvalue weighted by molar-refractivity contribution is 0.0637. The van der Waals surface area contributed by atoms with Gasteiger partial charge >= 0.3 is 0 Å². The highest BCUT2D eigenvalue weighted by atomic mass is 16.2. The van der Waals surface area contributed by atoms with E-state index in [-0.39, 0.29) is 5.91 Å². The van der Waals surface area contributed by atoms with Crippen LogP contribution < -0.4 is 4.90 Å². The van der Waals surface area contributed by atoms with E-state index >= 15 is 0 Å². The number of nitrogens with zero attached hydrogens (tertiary/aromatic N) is 5. The number of piperidine rings is 1. The van der Waals surface area contributed by atoms with E-state index in [0.717, 1.165) is 65.1 Å². The van der Waals surface area contributed by atoms with Crippen LogP contribution in [0.4, 0.5) is 5.95 Å². The van der Waals surface area contributed by atoms with Gasteiger partial charge in [-0.2, -0.15) is 0 Å². The molecule has 2 aromatic rings. The third kappa shape index (κ3) is 4.93. The van der Waals surface area contributed by atoms with Crippen LogP contribution in [-0.2, 0) is 6.42 Å². The highest BCUT2D eigenvalue weighted by molar-refractivity contribution is 5.92. The van der Waals surface area contributed by atoms with E-state index in [2.05, 4.69) is 57.0 Å². The van der Waals surface area contributed by atoms with Crippen molar-refractivity contribution in [1.82, 2.24) is 19.8 Å². The molecule has 0 saturated carbocycles. The van der Waals surface area contributed by atoms with E-state index < -0.39 is 0 Å². The van der Waals surface area contributed by atoms with Crippen molar-refractivity contribution in [2.45, 2.75) is 26.2 Å². The number of benzene rings is 1. The van der Waals surface area contributed by atoms with Crippen molar-refractivity contribution < 1.29 is 4.79 Å². The maximum Gasteiger partial charge on any atom is 0.272 e. The Morgan fingerprint density at radius 2 is 1.72 bits per heavy atom. The van der Waals surface area contributed by atoms with Crippen LogP contribution >= 0.6 is 0 Å². The van der Waals surface area contributed by atoms with Gasteiger partial charge in [0, 0.05) is 45.5 Å². The molecule has 0 atom stereocenters. The predicted octanol–water partition coefficient (Wildman–Crippen LogP) is 2.71. The minimum atomic E-state index is 0.0309. The maximum absolute atomic E-state index is 12.9. The van der Waals surface area contributed by atoms with Gasteiger partial charge in [0.15, 0.2) is 0 Å². The maximum atomic E-state index is 12.9. The van der Waals surface area contributed by atoms with Gasteiger partial charge in [0.2, 0.25) is 5.95 Å². The number of rotatable bonds is 5. The van der Waals surface area contributed by atoms with Crippen LogP contribution in [0.15, 0.2) is 42.6 Å². The molecule has 29 heavy (non-hydrogen) atoms. The lowest BCUT2D eigenvalue weighted by atomic mass is 9.90. The normalized spacial score (nSPS) is 18.8. The number of carbonyl (C=O) groups is 1. The van der Waals surface area contributed by atoms with Crippen LogP contribution in [-0.4, -0.2) is 71.5 Å². The van der Waals surface area contributed by atoms with Crippen molar-refractivity contribution in [3.8, 4) is 0 Å². The SMILES string of the molecule is CCN1CCN(C(=O)c2ccnc(N3CCC(Cc4ccccc4)CC3)n2)CC1. The van der Waals surface area contributed by atoms with E-state index in [4.69, 9.17) is 0 Å². The number of aromatic nitrogens is 2. The van der Waals surface area contributed by atoms with Gasteiger partial charge in [0.1, 0.15) is 5.69 Å². The minimum absolute atomic E-state index is 0.0309. The zero-order valence-electron chi connectivity index (χ0n) is 17.3. The number of amides is 1. The molecule has 2 aliphatic rings. The third-order valence-electron chi connectivity index (χ3n) is 6.23. The average molecular weight is 394 g/mol. The Balaban J connectivity index is 1.34. The first-order chi connectivity index (χ1) is 14.2. The molecule has 6 nitrogen and oxygen atoms in total. The first-order valence-electron chi connectivity index (χ1n) is 10.9. The summed E-state index contributed by atoms with van der Waals surface area (Å²) in [6.45, 7) is 8.53. The summed E-state index contributed by atoms with van der Waals surface area (Å²) in [7, 11) is 0. The molecule has 0 radical (unpaired) electrons. The summed E-state index contributed by atoms with van der Waals surface area (Å²) >= 11 is 0. The smallest absolute Gasteiger partial charge is 0.272 e. The number of hydrogen-bond donors (Lipinski definition) is 0. The van der Waals surface area contributed by atoms with Crippen LogP contribution in [0.1, 0.15) is 35.8 Å². The summed E-state index contributed by atoms with van der Waals surface area (Å²) in [5, 5.41) is 0. The van der Waals surface area contributed by atoms with E-state index in [1.807, 2.05) is 4.90 Å². The van der Waals surface area contributed by atoms with Crippen LogP contribution in [0.25, 0.3) is 0 Å². The van der Waals surface area contributed by atoms with Crippen LogP contribution in [0, 0.1) is 5.92 Å². The van der Waals surface area contributed by atoms with Crippen LogP contribution in [0.3, 0.4) is 0 Å². The van der Waals surface area contributed by atoms with Crippen molar-refractivity contribution in [2.24, 2.45) is 5.92 Å². The Kier molecular flexibility index (Phi) is 6.39. The Morgan fingerprint density at radius 1 is 1.00 bits per heavy atom. The van der Waals surface area contributed by atoms with Crippen molar-refractivity contribution in [1.29, 1.82) is 0 Å². The van der Waals surface area contributed by atoms with Crippen molar-refractivity contribution in [3.05, 3.63) is 53.9 Å². The molecule has 2 aliphatic heterocycles. The molecule has 6 heteroatoms. The molecule has 0 N–H and O–H groups in total. The van der Waals surface area contributed by atoms with Gasteiger partial charge in [0.05, 0.1) is 0 Å². The number of hydrogen-bond acceptors (Lipinski definition) is 5. The first-order valence-corrected chi connectivity index (χ1v) is 10.9. The fourth-order valence-corrected chi connectivity index (χ4v) is 4.33. The zero-order chi connectivity index (χ0) is 20.1. The lowest BCUT2D eigenvalue weighted by Crippen LogP contribution is -2.48. The monoisotopic (exact) mass is 393 g/mol. The predicted molar refractivity (Wildman–Crippen MR) is 115 cm³/mol. The molecule has 1 amide bonds. The first kappa shape index (κ1) is 19.8. The number of carbonyl (C=O) groups excluding carboxylic acids is 1. The molecule has 0 aliphatic carbocycles. The molecule has 1 aromatic carbocycles. The van der Waals surface area contributed by atoms with Crippen molar-refractivity contribution in [2.75, 3.05) is 50.7 Å². The Bertz CT molecular complexity index is 796. The topological polar surface area (TPSA) is 52.6 Å². The summed E-state index contributed by atoms with van der Waals surface area (Å²) in [5.41, 5.74) is 1.93. The van der Waals surface area contributed by atoms with Gasteiger partial charge in [-0.25, -0.2) is 9.97 Å². The minimum Gasteiger partial charge on any atom is -0.341 e. The largest absolute Gasteiger partial charge is 0.341 e. The fourth-order valence-electron chi connectivity index (χ4n) is 4.33. The molecule has 154 valence electrons. The molecular formula is C23H31N5O. The van der Waals surface area contributed by atoms with Crippen LogP contribution in [0.2, 0.25) is 0 Å². The molecule has 4 rings (SSSR count). The standard InChI is InChI=1S/C23H31N5O/c1-2-26-14-16-27(17-15-26)22(29)21-8-11-24-23(25-21)28-12-9-20(10-13-28)18-19-6-4-3-5-7-19/h3-8,11,20H,2,9-10,12-18H2,1H3. The number of anilines is 1. The van der Waals surface area contributed by atoms with E-state index in [9.17, 15) is 4.79 Å². The molecular weight excluding hydrogens is 362 g/mol. The Labute approximate surface area is 173 Å². The molecule has 0 spiro atoms. The summed E-state index contributed by atoms with van der Waals surface area (Å²) in [6, 6.07) is 12.5. The van der Waals surface area contributed by atoms with Crippen molar-refractivity contribution in [3.63, 3.8) is 0 Å². The number of likely N-dealkylation sites (N-methyl/N-ethyl adjacent to an activating group) is 1.